The van der Waals surface area contributed by atoms with Crippen LogP contribution < -0.4 is 10.1 Å². The molecule has 0 spiro atoms. The molecule has 0 aliphatic rings. The average molecular weight is 359 g/mol. The molecule has 118 valence electrons. The van der Waals surface area contributed by atoms with Gasteiger partial charge >= 0.3 is 0 Å². The van der Waals surface area contributed by atoms with Gasteiger partial charge in [0.1, 0.15) is 5.75 Å². The van der Waals surface area contributed by atoms with Crippen molar-refractivity contribution >= 4 is 34.8 Å². The molecule has 2 aromatic carbocycles. The third kappa shape index (κ3) is 5.06. The van der Waals surface area contributed by atoms with E-state index in [2.05, 4.69) is 5.32 Å². The maximum Gasteiger partial charge on any atom is 0.123 e. The molecule has 0 aromatic heterocycles. The predicted octanol–water partition coefficient (Wildman–Crippen LogP) is 5.38. The third-order valence-electron chi connectivity index (χ3n) is 3.22. The minimum Gasteiger partial charge on any atom is -0.494 e. The Balaban J connectivity index is 1.89. The number of hydrogen-bond donors (Lipinski definition) is 1. The maximum absolute atomic E-state index is 6.16. The lowest BCUT2D eigenvalue weighted by Crippen LogP contribution is -2.17. The Bertz CT molecular complexity index is 631. The van der Waals surface area contributed by atoms with E-state index in [0.717, 1.165) is 29.8 Å². The van der Waals surface area contributed by atoms with Gasteiger partial charge in [-0.05, 0) is 55.8 Å². The summed E-state index contributed by atoms with van der Waals surface area (Å²) in [5, 5.41) is 5.45. The highest BCUT2D eigenvalue weighted by Crippen LogP contribution is 2.23. The lowest BCUT2D eigenvalue weighted by Gasteiger charge is -2.12. The lowest BCUT2D eigenvalue weighted by atomic mass is 10.1. The molecular formula is C17H18Cl3NO. The van der Waals surface area contributed by atoms with E-state index in [1.165, 1.54) is 0 Å². The topological polar surface area (TPSA) is 21.3 Å². The molecule has 0 bridgehead atoms. The minimum atomic E-state index is 0.634. The summed E-state index contributed by atoms with van der Waals surface area (Å²) in [6, 6.07) is 11.2. The highest BCUT2D eigenvalue weighted by Gasteiger charge is 2.05. The number of benzene rings is 2. The molecule has 0 heterocycles. The molecule has 1 N–H and O–H groups in total. The van der Waals surface area contributed by atoms with Crippen LogP contribution in [0.4, 0.5) is 0 Å². The number of hydrogen-bond acceptors (Lipinski definition) is 2. The Labute approximate surface area is 146 Å². The molecule has 0 fully saturated rings. The van der Waals surface area contributed by atoms with E-state index in [9.17, 15) is 0 Å². The number of halogens is 3. The van der Waals surface area contributed by atoms with Crippen LogP contribution in [-0.2, 0) is 13.0 Å². The van der Waals surface area contributed by atoms with Crippen LogP contribution in [0.2, 0.25) is 15.1 Å². The molecule has 5 heteroatoms. The smallest absolute Gasteiger partial charge is 0.123 e. The average Bonchev–Trinajstić information content (AvgIpc) is 2.48. The number of rotatable bonds is 7. The van der Waals surface area contributed by atoms with Crippen LogP contribution >= 0.6 is 34.8 Å². The Hall–Kier alpha value is -0.930. The third-order valence-corrected chi connectivity index (χ3v) is 4.05. The predicted molar refractivity (Wildman–Crippen MR) is 94.5 cm³/mol. The van der Waals surface area contributed by atoms with Crippen LogP contribution in [0.5, 0.6) is 5.75 Å². The van der Waals surface area contributed by atoms with Crippen molar-refractivity contribution in [1.29, 1.82) is 0 Å². The molecule has 0 unspecified atom stereocenters. The van der Waals surface area contributed by atoms with Gasteiger partial charge in [0.15, 0.2) is 0 Å². The van der Waals surface area contributed by atoms with E-state index in [-0.39, 0.29) is 0 Å². The fourth-order valence-corrected chi connectivity index (χ4v) is 2.85. The van der Waals surface area contributed by atoms with Crippen LogP contribution in [0.3, 0.4) is 0 Å². The maximum atomic E-state index is 6.16. The first-order valence-corrected chi connectivity index (χ1v) is 8.29. The molecule has 0 atom stereocenters. The second-order valence-corrected chi connectivity index (χ2v) is 6.13. The van der Waals surface area contributed by atoms with Crippen LogP contribution in [0.25, 0.3) is 0 Å². The molecule has 22 heavy (non-hydrogen) atoms. The van der Waals surface area contributed by atoms with E-state index in [1.54, 1.807) is 6.07 Å². The van der Waals surface area contributed by atoms with Crippen molar-refractivity contribution in [2.45, 2.75) is 19.9 Å². The normalized spacial score (nSPS) is 10.7. The van der Waals surface area contributed by atoms with Crippen molar-refractivity contribution in [2.24, 2.45) is 0 Å². The highest BCUT2D eigenvalue weighted by atomic mass is 35.5. The molecule has 2 rings (SSSR count). The highest BCUT2D eigenvalue weighted by molar-refractivity contribution is 6.35. The van der Waals surface area contributed by atoms with E-state index in [1.807, 2.05) is 37.3 Å². The first-order valence-electron chi connectivity index (χ1n) is 7.16. The summed E-state index contributed by atoms with van der Waals surface area (Å²) in [6.07, 6.45) is 0.834. The Kier molecular flexibility index (Phi) is 6.84. The van der Waals surface area contributed by atoms with Gasteiger partial charge in [-0.3, -0.25) is 0 Å². The molecule has 0 amide bonds. The van der Waals surface area contributed by atoms with Gasteiger partial charge in [-0.1, -0.05) is 40.9 Å². The monoisotopic (exact) mass is 357 g/mol. The zero-order valence-corrected chi connectivity index (χ0v) is 14.6. The standard InChI is InChI=1S/C17H18Cl3NO/c1-2-22-17-6-5-14(18)9-13(17)11-21-8-7-12-3-4-15(19)10-16(12)20/h3-6,9-10,21H,2,7-8,11H2,1H3. The van der Waals surface area contributed by atoms with Crippen molar-refractivity contribution in [3.05, 3.63) is 62.6 Å². The molecule has 0 radical (unpaired) electrons. The van der Waals surface area contributed by atoms with Crippen LogP contribution in [0.15, 0.2) is 36.4 Å². The van der Waals surface area contributed by atoms with Gasteiger partial charge in [-0.2, -0.15) is 0 Å². The quantitative estimate of drug-likeness (QED) is 0.671. The van der Waals surface area contributed by atoms with Crippen molar-refractivity contribution in [1.82, 2.24) is 5.32 Å². The summed E-state index contributed by atoms with van der Waals surface area (Å²) >= 11 is 18.1. The summed E-state index contributed by atoms with van der Waals surface area (Å²) in [4.78, 5) is 0. The van der Waals surface area contributed by atoms with Gasteiger partial charge < -0.3 is 10.1 Å². The van der Waals surface area contributed by atoms with Crippen molar-refractivity contribution in [3.63, 3.8) is 0 Å². The van der Waals surface area contributed by atoms with Crippen LogP contribution in [0.1, 0.15) is 18.1 Å². The molecule has 2 aromatic rings. The van der Waals surface area contributed by atoms with Gasteiger partial charge in [0, 0.05) is 27.2 Å². The number of nitrogens with one attached hydrogen (secondary N) is 1. The first kappa shape index (κ1) is 17.4. The van der Waals surface area contributed by atoms with Gasteiger partial charge in [-0.25, -0.2) is 0 Å². The van der Waals surface area contributed by atoms with Gasteiger partial charge in [0.2, 0.25) is 0 Å². The first-order chi connectivity index (χ1) is 10.6. The summed E-state index contributed by atoms with van der Waals surface area (Å²) in [5.74, 6) is 0.865. The van der Waals surface area contributed by atoms with Gasteiger partial charge in [0.25, 0.3) is 0 Å². The fraction of sp³-hybridized carbons (Fsp3) is 0.294. The Morgan fingerprint density at radius 1 is 0.955 bits per heavy atom. The summed E-state index contributed by atoms with van der Waals surface area (Å²) in [5.41, 5.74) is 2.13. The molecule has 0 saturated heterocycles. The SMILES string of the molecule is CCOc1ccc(Cl)cc1CNCCc1ccc(Cl)cc1Cl. The second kappa shape index (κ2) is 8.64. The summed E-state index contributed by atoms with van der Waals surface area (Å²) in [6.45, 7) is 4.10. The van der Waals surface area contributed by atoms with Crippen molar-refractivity contribution < 1.29 is 4.74 Å². The van der Waals surface area contributed by atoms with E-state index in [4.69, 9.17) is 39.5 Å². The summed E-state index contributed by atoms with van der Waals surface area (Å²) in [7, 11) is 0. The number of ether oxygens (including phenoxy) is 1. The van der Waals surface area contributed by atoms with E-state index >= 15 is 0 Å². The summed E-state index contributed by atoms with van der Waals surface area (Å²) < 4.78 is 5.61. The minimum absolute atomic E-state index is 0.634. The molecule has 0 aliphatic heterocycles. The van der Waals surface area contributed by atoms with Gasteiger partial charge in [-0.15, -0.1) is 0 Å². The van der Waals surface area contributed by atoms with E-state index < -0.39 is 0 Å². The van der Waals surface area contributed by atoms with Crippen molar-refractivity contribution in [3.8, 4) is 5.75 Å². The fourth-order valence-electron chi connectivity index (χ4n) is 2.15. The lowest BCUT2D eigenvalue weighted by molar-refractivity contribution is 0.335. The molecule has 2 nitrogen and oxygen atoms in total. The van der Waals surface area contributed by atoms with Gasteiger partial charge in [0.05, 0.1) is 6.61 Å². The second-order valence-electron chi connectivity index (χ2n) is 4.85. The molecule has 0 saturated carbocycles. The zero-order valence-electron chi connectivity index (χ0n) is 12.3. The largest absolute Gasteiger partial charge is 0.494 e. The Morgan fingerprint density at radius 2 is 1.68 bits per heavy atom. The molecular weight excluding hydrogens is 341 g/mol. The van der Waals surface area contributed by atoms with E-state index in [0.29, 0.717) is 28.2 Å². The van der Waals surface area contributed by atoms with Crippen LogP contribution in [-0.4, -0.2) is 13.2 Å². The van der Waals surface area contributed by atoms with Crippen molar-refractivity contribution in [2.75, 3.05) is 13.2 Å². The molecule has 0 aliphatic carbocycles. The zero-order chi connectivity index (χ0) is 15.9. The Morgan fingerprint density at radius 3 is 2.41 bits per heavy atom. The van der Waals surface area contributed by atoms with Crippen LogP contribution in [0, 0.1) is 0 Å².